The highest BCUT2D eigenvalue weighted by Gasteiger charge is 2.48. The van der Waals surface area contributed by atoms with Crippen molar-refractivity contribution in [1.82, 2.24) is 0 Å². The molecule has 29 heavy (non-hydrogen) atoms. The van der Waals surface area contributed by atoms with E-state index in [1.165, 1.54) is 7.11 Å². The highest BCUT2D eigenvalue weighted by atomic mass is 16.5. The lowest BCUT2D eigenvalue weighted by Gasteiger charge is -2.32. The Balaban J connectivity index is 2.10. The van der Waals surface area contributed by atoms with Crippen LogP contribution in [0, 0.1) is 16.7 Å². The zero-order chi connectivity index (χ0) is 20.5. The Bertz CT molecular complexity index is 952. The fraction of sp³-hybridized carbons (Fsp3) is 0.154. The van der Waals surface area contributed by atoms with Crippen LogP contribution in [0.1, 0.15) is 29.0 Å². The number of allylic oxidation sites excluding steroid dienone is 1. The molecule has 0 amide bonds. The SMILES string of the molecule is COC(=O)C(C#N)(C/C=C/c1ccccc1)C(c1ccccc1)c1ccccc1. The van der Waals surface area contributed by atoms with E-state index in [4.69, 9.17) is 4.74 Å². The van der Waals surface area contributed by atoms with Gasteiger partial charge in [-0.1, -0.05) is 103 Å². The van der Waals surface area contributed by atoms with Crippen LogP contribution in [0.5, 0.6) is 0 Å². The predicted octanol–water partition coefficient (Wildman–Crippen LogP) is 5.60. The number of esters is 1. The van der Waals surface area contributed by atoms with Crippen molar-refractivity contribution in [2.45, 2.75) is 12.3 Å². The molecule has 3 aromatic carbocycles. The molecule has 0 spiro atoms. The zero-order valence-electron chi connectivity index (χ0n) is 16.4. The zero-order valence-corrected chi connectivity index (χ0v) is 16.4. The Morgan fingerprint density at radius 1 is 0.931 bits per heavy atom. The Hall–Kier alpha value is -3.64. The molecule has 3 heteroatoms. The van der Waals surface area contributed by atoms with E-state index in [-0.39, 0.29) is 6.42 Å². The van der Waals surface area contributed by atoms with Gasteiger partial charge >= 0.3 is 5.97 Å². The summed E-state index contributed by atoms with van der Waals surface area (Å²) in [5, 5.41) is 10.3. The number of nitriles is 1. The van der Waals surface area contributed by atoms with Crippen LogP contribution in [0.2, 0.25) is 0 Å². The van der Waals surface area contributed by atoms with Gasteiger partial charge in [0.1, 0.15) is 0 Å². The van der Waals surface area contributed by atoms with Crippen molar-refractivity contribution in [3.8, 4) is 6.07 Å². The van der Waals surface area contributed by atoms with E-state index in [1.54, 1.807) is 0 Å². The lowest BCUT2D eigenvalue weighted by Crippen LogP contribution is -2.37. The largest absolute Gasteiger partial charge is 0.468 e. The van der Waals surface area contributed by atoms with Gasteiger partial charge in [0.25, 0.3) is 0 Å². The van der Waals surface area contributed by atoms with Gasteiger partial charge in [-0.05, 0) is 23.1 Å². The van der Waals surface area contributed by atoms with Crippen molar-refractivity contribution in [1.29, 1.82) is 5.26 Å². The summed E-state index contributed by atoms with van der Waals surface area (Å²) in [6.07, 6.45) is 4.05. The van der Waals surface area contributed by atoms with Gasteiger partial charge in [0, 0.05) is 5.92 Å². The van der Waals surface area contributed by atoms with E-state index in [0.717, 1.165) is 16.7 Å². The molecule has 0 aliphatic carbocycles. The molecule has 0 bridgehead atoms. The molecule has 0 radical (unpaired) electrons. The average molecular weight is 381 g/mol. The minimum atomic E-state index is -1.39. The first-order valence-electron chi connectivity index (χ1n) is 9.52. The first-order valence-corrected chi connectivity index (χ1v) is 9.52. The molecule has 3 nitrogen and oxygen atoms in total. The van der Waals surface area contributed by atoms with Crippen molar-refractivity contribution in [2.24, 2.45) is 5.41 Å². The van der Waals surface area contributed by atoms with E-state index in [0.29, 0.717) is 0 Å². The van der Waals surface area contributed by atoms with Crippen LogP contribution >= 0.6 is 0 Å². The van der Waals surface area contributed by atoms with E-state index in [1.807, 2.05) is 103 Å². The molecule has 0 heterocycles. The van der Waals surface area contributed by atoms with Crippen molar-refractivity contribution < 1.29 is 9.53 Å². The fourth-order valence-corrected chi connectivity index (χ4v) is 3.65. The predicted molar refractivity (Wildman–Crippen MR) is 115 cm³/mol. The number of benzene rings is 3. The highest BCUT2D eigenvalue weighted by molar-refractivity contribution is 5.83. The number of carbonyl (C=O) groups is 1. The van der Waals surface area contributed by atoms with Gasteiger partial charge in [-0.2, -0.15) is 5.26 Å². The van der Waals surface area contributed by atoms with Crippen molar-refractivity contribution in [3.63, 3.8) is 0 Å². The van der Waals surface area contributed by atoms with E-state index >= 15 is 0 Å². The fourth-order valence-electron chi connectivity index (χ4n) is 3.65. The van der Waals surface area contributed by atoms with Crippen LogP contribution in [0.25, 0.3) is 6.08 Å². The Labute approximate surface area is 171 Å². The van der Waals surface area contributed by atoms with Crippen LogP contribution < -0.4 is 0 Å². The molecule has 3 aromatic rings. The summed E-state index contributed by atoms with van der Waals surface area (Å²) < 4.78 is 5.14. The normalized spacial score (nSPS) is 13.0. The molecule has 0 saturated carbocycles. The first-order chi connectivity index (χ1) is 14.2. The molecule has 0 fully saturated rings. The second kappa shape index (κ2) is 9.52. The molecule has 0 aliphatic heterocycles. The third kappa shape index (κ3) is 4.44. The van der Waals surface area contributed by atoms with Crippen LogP contribution in [0.15, 0.2) is 97.1 Å². The summed E-state index contributed by atoms with van der Waals surface area (Å²) in [4.78, 5) is 13.0. The van der Waals surface area contributed by atoms with Gasteiger partial charge in [-0.25, -0.2) is 0 Å². The molecule has 1 atom stereocenters. The lowest BCUT2D eigenvalue weighted by molar-refractivity contribution is -0.150. The van der Waals surface area contributed by atoms with Crippen LogP contribution in [-0.4, -0.2) is 13.1 Å². The number of methoxy groups -OCH3 is 1. The van der Waals surface area contributed by atoms with E-state index < -0.39 is 17.3 Å². The van der Waals surface area contributed by atoms with Gasteiger partial charge in [0.15, 0.2) is 5.41 Å². The molecule has 0 saturated heterocycles. The van der Waals surface area contributed by atoms with Gasteiger partial charge < -0.3 is 4.74 Å². The van der Waals surface area contributed by atoms with E-state index in [9.17, 15) is 10.1 Å². The minimum absolute atomic E-state index is 0.236. The molecule has 0 aliphatic rings. The van der Waals surface area contributed by atoms with Crippen molar-refractivity contribution in [2.75, 3.05) is 7.11 Å². The molecule has 0 aromatic heterocycles. The number of hydrogen-bond donors (Lipinski definition) is 0. The highest BCUT2D eigenvalue weighted by Crippen LogP contribution is 2.45. The summed E-state index contributed by atoms with van der Waals surface area (Å²) in [7, 11) is 1.34. The summed E-state index contributed by atoms with van der Waals surface area (Å²) >= 11 is 0. The summed E-state index contributed by atoms with van der Waals surface area (Å²) in [6, 6.07) is 31.5. The smallest absolute Gasteiger partial charge is 0.327 e. The maximum Gasteiger partial charge on any atom is 0.327 e. The maximum atomic E-state index is 13.0. The molecular weight excluding hydrogens is 358 g/mol. The van der Waals surface area contributed by atoms with Crippen LogP contribution in [0.3, 0.4) is 0 Å². The summed E-state index contributed by atoms with van der Waals surface area (Å²) in [5.41, 5.74) is 1.43. The molecular formula is C26H23NO2. The first kappa shape index (κ1) is 20.1. The lowest BCUT2D eigenvalue weighted by atomic mass is 9.67. The Morgan fingerprint density at radius 3 is 1.86 bits per heavy atom. The molecule has 144 valence electrons. The topological polar surface area (TPSA) is 50.1 Å². The quantitative estimate of drug-likeness (QED) is 0.500. The second-order valence-corrected chi connectivity index (χ2v) is 6.85. The number of carbonyl (C=O) groups excluding carboxylic acids is 1. The number of nitrogens with zero attached hydrogens (tertiary/aromatic N) is 1. The minimum Gasteiger partial charge on any atom is -0.468 e. The van der Waals surface area contributed by atoms with Crippen molar-refractivity contribution >= 4 is 12.0 Å². The third-order valence-corrected chi connectivity index (χ3v) is 5.06. The molecule has 1 unspecified atom stereocenters. The second-order valence-electron chi connectivity index (χ2n) is 6.85. The third-order valence-electron chi connectivity index (χ3n) is 5.06. The number of rotatable bonds is 7. The van der Waals surface area contributed by atoms with Crippen LogP contribution in [-0.2, 0) is 9.53 Å². The standard InChI is InChI=1S/C26H23NO2/c1-29-25(28)26(20-27,19-11-14-21-12-5-2-6-13-21)24(22-15-7-3-8-16-22)23-17-9-4-10-18-23/h2-18,24H,19H2,1H3/b14-11+. The Kier molecular flexibility index (Phi) is 6.60. The average Bonchev–Trinajstić information content (AvgIpc) is 2.80. The van der Waals surface area contributed by atoms with E-state index in [2.05, 4.69) is 6.07 Å². The van der Waals surface area contributed by atoms with Gasteiger partial charge in [-0.15, -0.1) is 0 Å². The number of hydrogen-bond acceptors (Lipinski definition) is 3. The molecule has 3 rings (SSSR count). The number of ether oxygens (including phenoxy) is 1. The van der Waals surface area contributed by atoms with Gasteiger partial charge in [-0.3, -0.25) is 4.79 Å². The van der Waals surface area contributed by atoms with Crippen LogP contribution in [0.4, 0.5) is 0 Å². The molecule has 0 N–H and O–H groups in total. The van der Waals surface area contributed by atoms with Crippen molar-refractivity contribution in [3.05, 3.63) is 114 Å². The summed E-state index contributed by atoms with van der Waals surface area (Å²) in [5.74, 6) is -0.988. The van der Waals surface area contributed by atoms with Gasteiger partial charge in [0.05, 0.1) is 13.2 Å². The van der Waals surface area contributed by atoms with Gasteiger partial charge in [0.2, 0.25) is 0 Å². The Morgan fingerprint density at radius 2 is 1.41 bits per heavy atom. The maximum absolute atomic E-state index is 13.0. The summed E-state index contributed by atoms with van der Waals surface area (Å²) in [6.45, 7) is 0. The monoisotopic (exact) mass is 381 g/mol.